The summed E-state index contributed by atoms with van der Waals surface area (Å²) in [5.74, 6) is 1.87. The van der Waals surface area contributed by atoms with E-state index in [0.717, 1.165) is 39.0 Å². The van der Waals surface area contributed by atoms with E-state index in [0.29, 0.717) is 17.3 Å². The number of ether oxygens (including phenoxy) is 1. The van der Waals surface area contributed by atoms with Crippen LogP contribution in [-0.4, -0.2) is 57.2 Å². The van der Waals surface area contributed by atoms with E-state index in [1.165, 1.54) is 0 Å². The molecule has 5 rings (SSSR count). The predicted molar refractivity (Wildman–Crippen MR) is 131 cm³/mol. The number of hydrogen-bond donors (Lipinski definition) is 3. The van der Waals surface area contributed by atoms with Gasteiger partial charge in [0.2, 0.25) is 0 Å². The Morgan fingerprint density at radius 2 is 1.94 bits per heavy atom. The number of nitrogens with one attached hydrogen (secondary N) is 3. The zero-order valence-corrected chi connectivity index (χ0v) is 19.0. The molecule has 170 valence electrons. The standard InChI is InChI=1S/C25H23N7O2/c1-32(2)25(33)21-10-15-4-5-16(11-20(15)30-21)24-26-9-8-23(31-24)29-18-6-7-19(22(12-18)34-3)17-13-27-28-14-17/h4-14,30H,1-3H3,(H,27,28)(H,26,29,31). The molecule has 0 saturated carbocycles. The molecular formula is C25H23N7O2. The summed E-state index contributed by atoms with van der Waals surface area (Å²) in [5, 5.41) is 11.1. The molecule has 0 atom stereocenters. The Morgan fingerprint density at radius 1 is 1.06 bits per heavy atom. The molecule has 5 aromatic rings. The first-order valence-electron chi connectivity index (χ1n) is 10.6. The summed E-state index contributed by atoms with van der Waals surface area (Å²) in [4.78, 5) is 26.1. The van der Waals surface area contributed by atoms with Crippen molar-refractivity contribution in [3.8, 4) is 28.3 Å². The minimum Gasteiger partial charge on any atom is -0.496 e. The van der Waals surface area contributed by atoms with Gasteiger partial charge < -0.3 is 19.9 Å². The lowest BCUT2D eigenvalue weighted by Crippen LogP contribution is -2.21. The molecular weight excluding hydrogens is 430 g/mol. The highest BCUT2D eigenvalue weighted by Crippen LogP contribution is 2.33. The highest BCUT2D eigenvalue weighted by atomic mass is 16.5. The first kappa shape index (κ1) is 21.2. The van der Waals surface area contributed by atoms with Crippen LogP contribution in [0.2, 0.25) is 0 Å². The molecule has 9 nitrogen and oxygen atoms in total. The second kappa shape index (κ2) is 8.70. The number of H-pyrrole nitrogens is 2. The van der Waals surface area contributed by atoms with Crippen molar-refractivity contribution in [3.63, 3.8) is 0 Å². The van der Waals surface area contributed by atoms with Crippen molar-refractivity contribution >= 4 is 28.3 Å². The molecule has 0 aliphatic carbocycles. The van der Waals surface area contributed by atoms with E-state index >= 15 is 0 Å². The van der Waals surface area contributed by atoms with Crippen LogP contribution in [0.3, 0.4) is 0 Å². The van der Waals surface area contributed by atoms with Crippen molar-refractivity contribution in [1.29, 1.82) is 0 Å². The van der Waals surface area contributed by atoms with Crippen LogP contribution in [0.15, 0.2) is 67.1 Å². The van der Waals surface area contributed by atoms with Gasteiger partial charge in [0.1, 0.15) is 17.3 Å². The maximum absolute atomic E-state index is 12.3. The Bertz CT molecular complexity index is 1470. The van der Waals surface area contributed by atoms with Gasteiger partial charge in [0, 0.05) is 65.8 Å². The van der Waals surface area contributed by atoms with Crippen LogP contribution in [0.1, 0.15) is 10.5 Å². The number of fused-ring (bicyclic) bond motifs is 1. The maximum atomic E-state index is 12.3. The minimum absolute atomic E-state index is 0.0746. The van der Waals surface area contributed by atoms with Gasteiger partial charge in [-0.2, -0.15) is 5.10 Å². The van der Waals surface area contributed by atoms with Crippen LogP contribution in [0.5, 0.6) is 5.75 Å². The highest BCUT2D eigenvalue weighted by molar-refractivity contribution is 5.98. The molecule has 0 bridgehead atoms. The zero-order valence-electron chi connectivity index (χ0n) is 19.0. The molecule has 3 N–H and O–H groups in total. The van der Waals surface area contributed by atoms with Gasteiger partial charge in [0.05, 0.1) is 13.3 Å². The molecule has 1 amide bonds. The minimum atomic E-state index is -0.0746. The summed E-state index contributed by atoms with van der Waals surface area (Å²) in [6.07, 6.45) is 5.28. The predicted octanol–water partition coefficient (Wildman–Crippen LogP) is 4.47. The molecule has 0 spiro atoms. The van der Waals surface area contributed by atoms with Crippen molar-refractivity contribution in [3.05, 3.63) is 72.8 Å². The number of carbonyl (C=O) groups excluding carboxylic acids is 1. The molecule has 9 heteroatoms. The second-order valence-corrected chi connectivity index (χ2v) is 7.98. The molecule has 3 aromatic heterocycles. The number of aromatic nitrogens is 5. The van der Waals surface area contributed by atoms with E-state index in [2.05, 4.69) is 30.5 Å². The lowest BCUT2D eigenvalue weighted by atomic mass is 10.1. The SMILES string of the molecule is COc1cc(Nc2ccnc(-c3ccc4cc(C(=O)N(C)C)[nH]c4c3)n2)ccc1-c1cn[nH]c1. The first-order valence-corrected chi connectivity index (χ1v) is 10.6. The number of rotatable bonds is 6. The summed E-state index contributed by atoms with van der Waals surface area (Å²) >= 11 is 0. The highest BCUT2D eigenvalue weighted by Gasteiger charge is 2.13. The lowest BCUT2D eigenvalue weighted by Gasteiger charge is -2.11. The second-order valence-electron chi connectivity index (χ2n) is 7.98. The molecule has 3 heterocycles. The van der Waals surface area contributed by atoms with E-state index in [9.17, 15) is 4.79 Å². The summed E-state index contributed by atoms with van der Waals surface area (Å²) in [6, 6.07) is 15.4. The van der Waals surface area contributed by atoms with Gasteiger partial charge in [-0.05, 0) is 30.3 Å². The fourth-order valence-corrected chi connectivity index (χ4v) is 3.74. The number of aromatic amines is 2. The maximum Gasteiger partial charge on any atom is 0.269 e. The zero-order chi connectivity index (χ0) is 23.7. The van der Waals surface area contributed by atoms with Crippen LogP contribution in [0.4, 0.5) is 11.5 Å². The van der Waals surface area contributed by atoms with Gasteiger partial charge in [-0.1, -0.05) is 12.1 Å². The summed E-state index contributed by atoms with van der Waals surface area (Å²) in [5.41, 5.74) is 4.96. The summed E-state index contributed by atoms with van der Waals surface area (Å²) in [7, 11) is 5.10. The molecule has 2 aromatic carbocycles. The van der Waals surface area contributed by atoms with Crippen molar-refractivity contribution in [2.75, 3.05) is 26.5 Å². The van der Waals surface area contributed by atoms with Crippen LogP contribution < -0.4 is 10.1 Å². The number of hydrogen-bond acceptors (Lipinski definition) is 6. The molecule has 0 unspecified atom stereocenters. The van der Waals surface area contributed by atoms with E-state index in [1.54, 1.807) is 44.6 Å². The normalized spacial score (nSPS) is 10.9. The Kier molecular flexibility index (Phi) is 5.43. The third-order valence-corrected chi connectivity index (χ3v) is 5.46. The van der Waals surface area contributed by atoms with Gasteiger partial charge >= 0.3 is 0 Å². The monoisotopic (exact) mass is 453 g/mol. The Labute approximate surface area is 195 Å². The largest absolute Gasteiger partial charge is 0.496 e. The van der Waals surface area contributed by atoms with Gasteiger partial charge in [0.15, 0.2) is 5.82 Å². The van der Waals surface area contributed by atoms with Crippen molar-refractivity contribution < 1.29 is 9.53 Å². The molecule has 0 radical (unpaired) electrons. The smallest absolute Gasteiger partial charge is 0.269 e. The number of nitrogens with zero attached hydrogens (tertiary/aromatic N) is 4. The molecule has 0 saturated heterocycles. The average molecular weight is 454 g/mol. The molecule has 0 aliphatic heterocycles. The van der Waals surface area contributed by atoms with E-state index in [1.807, 2.05) is 48.7 Å². The van der Waals surface area contributed by atoms with Crippen molar-refractivity contribution in [2.24, 2.45) is 0 Å². The van der Waals surface area contributed by atoms with E-state index in [-0.39, 0.29) is 5.91 Å². The third-order valence-electron chi connectivity index (χ3n) is 5.46. The summed E-state index contributed by atoms with van der Waals surface area (Å²) in [6.45, 7) is 0. The quantitative estimate of drug-likeness (QED) is 0.350. The van der Waals surface area contributed by atoms with E-state index < -0.39 is 0 Å². The number of amides is 1. The van der Waals surface area contributed by atoms with Crippen LogP contribution >= 0.6 is 0 Å². The lowest BCUT2D eigenvalue weighted by molar-refractivity contribution is 0.0823. The summed E-state index contributed by atoms with van der Waals surface area (Å²) < 4.78 is 5.57. The number of anilines is 2. The third kappa shape index (κ3) is 4.06. The van der Waals surface area contributed by atoms with Gasteiger partial charge in [-0.25, -0.2) is 9.97 Å². The molecule has 0 fully saturated rings. The van der Waals surface area contributed by atoms with Gasteiger partial charge in [-0.3, -0.25) is 9.89 Å². The topological polar surface area (TPSA) is 112 Å². The fraction of sp³-hybridized carbons (Fsp3) is 0.120. The Hall–Kier alpha value is -4.66. The molecule has 0 aliphatic rings. The van der Waals surface area contributed by atoms with Crippen molar-refractivity contribution in [2.45, 2.75) is 0 Å². The van der Waals surface area contributed by atoms with Crippen molar-refractivity contribution in [1.82, 2.24) is 30.0 Å². The van der Waals surface area contributed by atoms with Crippen LogP contribution in [-0.2, 0) is 0 Å². The number of carbonyl (C=O) groups is 1. The van der Waals surface area contributed by atoms with E-state index in [4.69, 9.17) is 4.74 Å². The Morgan fingerprint density at radius 3 is 2.71 bits per heavy atom. The fourth-order valence-electron chi connectivity index (χ4n) is 3.74. The van der Waals surface area contributed by atoms with Gasteiger partial charge in [-0.15, -0.1) is 0 Å². The average Bonchev–Trinajstić information content (AvgIpc) is 3.53. The molecule has 34 heavy (non-hydrogen) atoms. The van der Waals surface area contributed by atoms with Crippen LogP contribution in [0, 0.1) is 0 Å². The van der Waals surface area contributed by atoms with Crippen LogP contribution in [0.25, 0.3) is 33.4 Å². The number of benzene rings is 2. The number of methoxy groups -OCH3 is 1. The Balaban J connectivity index is 1.42. The first-order chi connectivity index (χ1) is 16.5. The van der Waals surface area contributed by atoms with Gasteiger partial charge in [0.25, 0.3) is 5.91 Å².